The van der Waals surface area contributed by atoms with Crippen molar-refractivity contribution in [2.75, 3.05) is 11.5 Å². The van der Waals surface area contributed by atoms with Crippen molar-refractivity contribution in [3.05, 3.63) is 0 Å². The first-order valence-electron chi connectivity index (χ1n) is 4.65. The standard InChI is InChI=1S/C8H18S.3ClH.Ga/c1-3-5-7-9-8-6-4-2;;;;/h3-8H2,1-2H3;3*1H;/q;;;;+3/p-3. The van der Waals surface area contributed by atoms with Gasteiger partial charge in [-0.25, -0.2) is 0 Å². The zero-order valence-electron chi connectivity index (χ0n) is 8.36. The predicted molar refractivity (Wildman–Crippen MR) is 70.5 cm³/mol. The van der Waals surface area contributed by atoms with Gasteiger partial charge in [0.25, 0.3) is 0 Å². The average Bonchev–Trinajstić information content (AvgIpc) is 2.03. The summed E-state index contributed by atoms with van der Waals surface area (Å²) in [6.07, 6.45) is 5.49. The van der Waals surface area contributed by atoms with Gasteiger partial charge in [-0.2, -0.15) is 11.8 Å². The van der Waals surface area contributed by atoms with Gasteiger partial charge in [0.15, 0.2) is 0 Å². The van der Waals surface area contributed by atoms with Gasteiger partial charge >= 0.3 is 42.1 Å². The number of unbranched alkanes of at least 4 members (excludes halogenated alkanes) is 2. The van der Waals surface area contributed by atoms with Crippen molar-refractivity contribution < 1.29 is 0 Å². The fourth-order valence-electron chi connectivity index (χ4n) is 0.595. The molecule has 0 aliphatic rings. The third kappa shape index (κ3) is 31.6. The molecule has 0 nitrogen and oxygen atoms in total. The summed E-state index contributed by atoms with van der Waals surface area (Å²) in [6, 6.07) is 0. The maximum atomic E-state index is 4.99. The van der Waals surface area contributed by atoms with Gasteiger partial charge in [-0.1, -0.05) is 26.7 Å². The van der Waals surface area contributed by atoms with E-state index in [1.54, 1.807) is 0 Å². The summed E-state index contributed by atoms with van der Waals surface area (Å²) in [5, 5.41) is 0. The van der Waals surface area contributed by atoms with Gasteiger partial charge < -0.3 is 0 Å². The van der Waals surface area contributed by atoms with Crippen LogP contribution in [-0.2, 0) is 0 Å². The van der Waals surface area contributed by atoms with Crippen LogP contribution in [0.1, 0.15) is 39.5 Å². The van der Waals surface area contributed by atoms with Gasteiger partial charge in [-0.15, -0.1) is 0 Å². The molecule has 5 heteroatoms. The molecule has 13 heavy (non-hydrogen) atoms. The van der Waals surface area contributed by atoms with E-state index in [1.807, 2.05) is 0 Å². The summed E-state index contributed by atoms with van der Waals surface area (Å²) < 4.78 is 0. The molecule has 0 bridgehead atoms. The topological polar surface area (TPSA) is 0 Å². The molecule has 0 aliphatic carbocycles. The minimum absolute atomic E-state index is 1.35. The number of thioether (sulfide) groups is 1. The molecule has 0 fully saturated rings. The van der Waals surface area contributed by atoms with Crippen molar-refractivity contribution in [2.45, 2.75) is 39.5 Å². The van der Waals surface area contributed by atoms with Crippen LogP contribution in [0.15, 0.2) is 0 Å². The minimum atomic E-state index is -2.06. The van der Waals surface area contributed by atoms with Crippen LogP contribution in [0.5, 0.6) is 0 Å². The molecule has 0 saturated heterocycles. The molecule has 0 rings (SSSR count). The van der Waals surface area contributed by atoms with Crippen LogP contribution < -0.4 is 0 Å². The molecule has 0 amide bonds. The Bertz CT molecular complexity index is 75.0. The molecule has 0 unspecified atom stereocenters. The predicted octanol–water partition coefficient (Wildman–Crippen LogP) is 5.01. The van der Waals surface area contributed by atoms with E-state index in [-0.39, 0.29) is 0 Å². The van der Waals surface area contributed by atoms with Crippen molar-refractivity contribution in [1.82, 2.24) is 0 Å². The Morgan fingerprint density at radius 3 is 1.46 bits per heavy atom. The van der Waals surface area contributed by atoms with Gasteiger partial charge in [0.1, 0.15) is 0 Å². The zero-order valence-corrected chi connectivity index (χ0v) is 13.9. The Kier molecular flexibility index (Phi) is 21.6. The van der Waals surface area contributed by atoms with Crippen molar-refractivity contribution >= 4 is 53.9 Å². The van der Waals surface area contributed by atoms with Crippen molar-refractivity contribution in [3.63, 3.8) is 0 Å². The summed E-state index contributed by atoms with van der Waals surface area (Å²) in [4.78, 5) is 0. The molecule has 0 heterocycles. The Morgan fingerprint density at radius 1 is 0.923 bits per heavy atom. The van der Waals surface area contributed by atoms with E-state index in [1.165, 1.54) is 37.2 Å². The van der Waals surface area contributed by atoms with Crippen LogP contribution in [0.3, 0.4) is 0 Å². The van der Waals surface area contributed by atoms with E-state index in [0.717, 1.165) is 0 Å². The summed E-state index contributed by atoms with van der Waals surface area (Å²) in [5.74, 6) is 2.74. The molecule has 0 radical (unpaired) electrons. The van der Waals surface area contributed by atoms with Crippen LogP contribution in [0.4, 0.5) is 0 Å². The zero-order chi connectivity index (χ0) is 10.5. The second-order valence-corrected chi connectivity index (χ2v) is 15.1. The van der Waals surface area contributed by atoms with Crippen LogP contribution in [-0.4, -0.2) is 24.7 Å². The molecular weight excluding hydrogens is 304 g/mol. The molecular formula is C8H18Cl3GaS. The summed E-state index contributed by atoms with van der Waals surface area (Å²) in [6.45, 7) is 4.50. The Hall–Kier alpha value is 1.86. The van der Waals surface area contributed by atoms with E-state index in [0.29, 0.717) is 0 Å². The molecule has 0 aliphatic heterocycles. The molecule has 0 aromatic heterocycles. The fraction of sp³-hybridized carbons (Fsp3) is 1.00. The molecule has 80 valence electrons. The van der Waals surface area contributed by atoms with E-state index >= 15 is 0 Å². The summed E-state index contributed by atoms with van der Waals surface area (Å²) in [5.41, 5.74) is 0. The van der Waals surface area contributed by atoms with Crippen LogP contribution >= 0.6 is 40.7 Å². The maximum absolute atomic E-state index is 4.99. The monoisotopic (exact) mass is 320 g/mol. The van der Waals surface area contributed by atoms with Gasteiger partial charge in [-0.05, 0) is 24.3 Å². The van der Waals surface area contributed by atoms with Crippen molar-refractivity contribution in [2.24, 2.45) is 0 Å². The first-order chi connectivity index (χ1) is 6.15. The van der Waals surface area contributed by atoms with Crippen LogP contribution in [0, 0.1) is 0 Å². The Morgan fingerprint density at radius 2 is 1.23 bits per heavy atom. The van der Waals surface area contributed by atoms with Crippen molar-refractivity contribution in [3.8, 4) is 0 Å². The van der Waals surface area contributed by atoms with E-state index in [2.05, 4.69) is 25.6 Å². The van der Waals surface area contributed by atoms with Crippen LogP contribution in [0.2, 0.25) is 0 Å². The molecule has 0 saturated carbocycles. The molecule has 0 aromatic carbocycles. The third-order valence-electron chi connectivity index (χ3n) is 1.28. The van der Waals surface area contributed by atoms with E-state index in [4.69, 9.17) is 28.9 Å². The normalized spacial score (nSPS) is 9.00. The molecule has 0 N–H and O–H groups in total. The number of hydrogen-bond donors (Lipinski definition) is 0. The van der Waals surface area contributed by atoms with E-state index < -0.39 is 13.2 Å². The van der Waals surface area contributed by atoms with Gasteiger partial charge in [0.05, 0.1) is 0 Å². The first kappa shape index (κ1) is 17.3. The third-order valence-corrected chi connectivity index (χ3v) is 2.44. The number of hydrogen-bond acceptors (Lipinski definition) is 1. The van der Waals surface area contributed by atoms with Gasteiger partial charge in [0.2, 0.25) is 0 Å². The van der Waals surface area contributed by atoms with E-state index in [9.17, 15) is 0 Å². The first-order valence-corrected chi connectivity index (χ1v) is 15.4. The van der Waals surface area contributed by atoms with Gasteiger partial charge in [0, 0.05) is 0 Å². The van der Waals surface area contributed by atoms with Crippen molar-refractivity contribution in [1.29, 1.82) is 0 Å². The Balaban J connectivity index is 0. The molecule has 0 atom stereocenters. The van der Waals surface area contributed by atoms with Crippen LogP contribution in [0.25, 0.3) is 0 Å². The molecule has 0 spiro atoms. The Labute approximate surface area is 104 Å². The second kappa shape index (κ2) is 16.3. The molecule has 0 aromatic rings. The fourth-order valence-corrected chi connectivity index (χ4v) is 1.78. The summed E-state index contributed by atoms with van der Waals surface area (Å²) >= 11 is 0.0399. The second-order valence-electron chi connectivity index (χ2n) is 2.57. The summed E-state index contributed by atoms with van der Waals surface area (Å²) in [7, 11) is 15.0. The quantitative estimate of drug-likeness (QED) is 0.489. The van der Waals surface area contributed by atoms with Gasteiger partial charge in [-0.3, -0.25) is 0 Å². The number of halogens is 3. The SMILES string of the molecule is CCCCSCCCC.[Cl][Ga]([Cl])[Cl]. The average molecular weight is 322 g/mol. The number of rotatable bonds is 6.